The van der Waals surface area contributed by atoms with Gasteiger partial charge in [0.15, 0.2) is 11.5 Å². The molecule has 2 aromatic heterocycles. The molecule has 0 aliphatic carbocycles. The Hall–Kier alpha value is -4.19. The molecule has 1 aromatic carbocycles. The third kappa shape index (κ3) is 6.15. The summed E-state index contributed by atoms with van der Waals surface area (Å²) < 4.78 is 21.3. The SMILES string of the molecule is COc1cc(/C=N\Nc2nc(N3CCCCC3)nc(N3CCOCC3)n2)ccc1OC(=O)c1ccco1. The van der Waals surface area contributed by atoms with Crippen molar-refractivity contribution in [3.8, 4) is 11.5 Å². The first-order chi connectivity index (χ1) is 18.2. The average Bonchev–Trinajstić information content (AvgIpc) is 3.50. The molecule has 0 bridgehead atoms. The van der Waals surface area contributed by atoms with Crippen LogP contribution in [0, 0.1) is 0 Å². The van der Waals surface area contributed by atoms with E-state index < -0.39 is 5.97 Å². The first-order valence-electron chi connectivity index (χ1n) is 12.3. The molecule has 3 aromatic rings. The van der Waals surface area contributed by atoms with Crippen LogP contribution in [-0.2, 0) is 4.74 Å². The molecule has 2 aliphatic rings. The van der Waals surface area contributed by atoms with Crippen molar-refractivity contribution in [3.05, 3.63) is 47.9 Å². The smallest absolute Gasteiger partial charge is 0.379 e. The number of anilines is 3. The summed E-state index contributed by atoms with van der Waals surface area (Å²) in [4.78, 5) is 30.4. The second-order valence-electron chi connectivity index (χ2n) is 8.55. The Kier molecular flexibility index (Phi) is 7.75. The molecule has 0 atom stereocenters. The Morgan fingerprint density at radius 2 is 1.76 bits per heavy atom. The number of rotatable bonds is 8. The molecule has 194 valence electrons. The Bertz CT molecular complexity index is 1190. The zero-order valence-electron chi connectivity index (χ0n) is 20.6. The number of esters is 1. The minimum Gasteiger partial charge on any atom is -0.493 e. The summed E-state index contributed by atoms with van der Waals surface area (Å²) in [5.41, 5.74) is 3.66. The van der Waals surface area contributed by atoms with Crippen molar-refractivity contribution < 1.29 is 23.4 Å². The van der Waals surface area contributed by atoms with E-state index in [1.165, 1.54) is 25.9 Å². The lowest BCUT2D eigenvalue weighted by Gasteiger charge is -2.30. The summed E-state index contributed by atoms with van der Waals surface area (Å²) in [7, 11) is 1.50. The molecule has 0 amide bonds. The highest BCUT2D eigenvalue weighted by Crippen LogP contribution is 2.28. The van der Waals surface area contributed by atoms with Crippen molar-refractivity contribution >= 4 is 30.0 Å². The summed E-state index contributed by atoms with van der Waals surface area (Å²) in [6, 6.07) is 8.25. The lowest BCUT2D eigenvalue weighted by atomic mass is 10.1. The second kappa shape index (κ2) is 11.7. The summed E-state index contributed by atoms with van der Waals surface area (Å²) in [6.07, 6.45) is 6.48. The number of benzene rings is 1. The highest BCUT2D eigenvalue weighted by atomic mass is 16.6. The monoisotopic (exact) mass is 507 g/mol. The van der Waals surface area contributed by atoms with Gasteiger partial charge in [0.05, 0.1) is 32.8 Å². The van der Waals surface area contributed by atoms with Gasteiger partial charge in [0.25, 0.3) is 0 Å². The molecule has 5 rings (SSSR count). The van der Waals surface area contributed by atoms with Crippen LogP contribution < -0.4 is 24.7 Å². The molecule has 37 heavy (non-hydrogen) atoms. The fraction of sp³-hybridized carbons (Fsp3) is 0.400. The van der Waals surface area contributed by atoms with Crippen LogP contribution >= 0.6 is 0 Å². The van der Waals surface area contributed by atoms with Gasteiger partial charge in [-0.1, -0.05) is 0 Å². The standard InChI is InChI=1S/C25H29N7O5/c1-34-21-16-18(7-8-19(21)37-22(33)20-6-5-13-36-20)17-26-30-23-27-24(31-9-3-2-4-10-31)29-25(28-23)32-11-14-35-15-12-32/h5-8,13,16-17H,2-4,9-12,14-15H2,1H3,(H,27,28,29,30)/b26-17-. The summed E-state index contributed by atoms with van der Waals surface area (Å²) >= 11 is 0. The quantitative estimate of drug-likeness (QED) is 0.209. The van der Waals surface area contributed by atoms with Gasteiger partial charge in [0.1, 0.15) is 0 Å². The van der Waals surface area contributed by atoms with Gasteiger partial charge >= 0.3 is 5.97 Å². The minimum absolute atomic E-state index is 0.106. The van der Waals surface area contributed by atoms with E-state index >= 15 is 0 Å². The van der Waals surface area contributed by atoms with E-state index in [9.17, 15) is 4.79 Å². The highest BCUT2D eigenvalue weighted by Gasteiger charge is 2.20. The van der Waals surface area contributed by atoms with Gasteiger partial charge in [-0.15, -0.1) is 0 Å². The van der Waals surface area contributed by atoms with E-state index in [4.69, 9.17) is 23.6 Å². The molecule has 2 fully saturated rings. The Labute approximate surface area is 214 Å². The maximum absolute atomic E-state index is 12.2. The zero-order chi connectivity index (χ0) is 25.5. The van der Waals surface area contributed by atoms with Gasteiger partial charge in [-0.2, -0.15) is 20.1 Å². The summed E-state index contributed by atoms with van der Waals surface area (Å²) in [6.45, 7) is 4.57. The zero-order valence-corrected chi connectivity index (χ0v) is 20.6. The molecule has 2 aliphatic heterocycles. The fourth-order valence-electron chi connectivity index (χ4n) is 4.10. The molecule has 12 heteroatoms. The summed E-state index contributed by atoms with van der Waals surface area (Å²) in [5, 5.41) is 4.32. The number of nitrogens with one attached hydrogen (secondary N) is 1. The predicted molar refractivity (Wildman–Crippen MR) is 137 cm³/mol. The Morgan fingerprint density at radius 3 is 2.46 bits per heavy atom. The maximum Gasteiger partial charge on any atom is 0.379 e. The van der Waals surface area contributed by atoms with Crippen LogP contribution in [0.25, 0.3) is 0 Å². The van der Waals surface area contributed by atoms with E-state index in [1.54, 1.807) is 30.5 Å². The van der Waals surface area contributed by atoms with Gasteiger partial charge in [-0.25, -0.2) is 10.2 Å². The van der Waals surface area contributed by atoms with Crippen LogP contribution in [0.15, 0.2) is 46.1 Å². The molecule has 4 heterocycles. The number of morpholine rings is 1. The van der Waals surface area contributed by atoms with E-state index in [0.29, 0.717) is 36.8 Å². The molecular weight excluding hydrogens is 478 g/mol. The van der Waals surface area contributed by atoms with Crippen molar-refractivity contribution in [3.63, 3.8) is 0 Å². The van der Waals surface area contributed by atoms with E-state index in [2.05, 4.69) is 30.3 Å². The minimum atomic E-state index is -0.609. The second-order valence-corrected chi connectivity index (χ2v) is 8.55. The number of piperidine rings is 1. The highest BCUT2D eigenvalue weighted by molar-refractivity contribution is 5.89. The van der Waals surface area contributed by atoms with Crippen molar-refractivity contribution in [2.45, 2.75) is 19.3 Å². The molecule has 0 saturated carbocycles. The van der Waals surface area contributed by atoms with E-state index in [-0.39, 0.29) is 11.5 Å². The van der Waals surface area contributed by atoms with Gasteiger partial charge in [-0.3, -0.25) is 0 Å². The van der Waals surface area contributed by atoms with Crippen LogP contribution in [0.2, 0.25) is 0 Å². The lowest BCUT2D eigenvalue weighted by molar-refractivity contribution is 0.0696. The van der Waals surface area contributed by atoms with Crippen LogP contribution in [0.4, 0.5) is 17.8 Å². The molecular formula is C25H29N7O5. The van der Waals surface area contributed by atoms with Crippen LogP contribution in [0.5, 0.6) is 11.5 Å². The Morgan fingerprint density at radius 1 is 1.00 bits per heavy atom. The number of hydrogen-bond acceptors (Lipinski definition) is 12. The number of furan rings is 1. The number of hydrogen-bond donors (Lipinski definition) is 1. The lowest BCUT2D eigenvalue weighted by Crippen LogP contribution is -2.38. The topological polar surface area (TPSA) is 127 Å². The predicted octanol–water partition coefficient (Wildman–Crippen LogP) is 2.97. The number of hydrazone groups is 1. The number of nitrogens with zero attached hydrogens (tertiary/aromatic N) is 6. The number of methoxy groups -OCH3 is 1. The molecule has 2 saturated heterocycles. The fourth-order valence-corrected chi connectivity index (χ4v) is 4.10. The van der Waals surface area contributed by atoms with Gasteiger partial charge < -0.3 is 28.4 Å². The van der Waals surface area contributed by atoms with Crippen LogP contribution in [-0.4, -0.2) is 73.6 Å². The summed E-state index contributed by atoms with van der Waals surface area (Å²) in [5.74, 6) is 1.78. The van der Waals surface area contributed by atoms with Crippen molar-refractivity contribution in [2.75, 3.05) is 61.7 Å². The van der Waals surface area contributed by atoms with Crippen LogP contribution in [0.3, 0.4) is 0 Å². The number of carbonyl (C=O) groups is 1. The van der Waals surface area contributed by atoms with E-state index in [0.717, 1.165) is 44.6 Å². The molecule has 0 unspecified atom stereocenters. The third-order valence-corrected chi connectivity index (χ3v) is 6.04. The maximum atomic E-state index is 12.2. The Balaban J connectivity index is 1.31. The largest absolute Gasteiger partial charge is 0.493 e. The third-order valence-electron chi connectivity index (χ3n) is 6.04. The van der Waals surface area contributed by atoms with E-state index in [1.807, 2.05) is 0 Å². The first-order valence-corrected chi connectivity index (χ1v) is 12.3. The normalized spacial score (nSPS) is 16.1. The van der Waals surface area contributed by atoms with Crippen LogP contribution in [0.1, 0.15) is 35.4 Å². The van der Waals surface area contributed by atoms with Gasteiger partial charge in [0, 0.05) is 26.2 Å². The molecule has 1 N–H and O–H groups in total. The number of aromatic nitrogens is 3. The average molecular weight is 508 g/mol. The van der Waals surface area contributed by atoms with Gasteiger partial charge in [-0.05, 0) is 55.2 Å². The van der Waals surface area contributed by atoms with Crippen molar-refractivity contribution in [1.82, 2.24) is 15.0 Å². The van der Waals surface area contributed by atoms with Gasteiger partial charge in [0.2, 0.25) is 23.6 Å². The molecule has 0 spiro atoms. The van der Waals surface area contributed by atoms with Crippen molar-refractivity contribution in [2.24, 2.45) is 5.10 Å². The number of ether oxygens (including phenoxy) is 3. The molecule has 12 nitrogen and oxygen atoms in total. The first kappa shape index (κ1) is 24.5. The van der Waals surface area contributed by atoms with Crippen molar-refractivity contribution in [1.29, 1.82) is 0 Å². The number of carbonyl (C=O) groups excluding carboxylic acids is 1. The molecule has 0 radical (unpaired) electrons.